The topological polar surface area (TPSA) is 75.4 Å². The number of para-hydroxylation sites is 2. The Balaban J connectivity index is 1.53. The molecule has 6 nitrogen and oxygen atoms in total. The van der Waals surface area contributed by atoms with Crippen molar-refractivity contribution in [2.24, 2.45) is 0 Å². The molecule has 0 radical (unpaired) electrons. The molecule has 1 aromatic heterocycles. The van der Waals surface area contributed by atoms with E-state index in [0.29, 0.717) is 28.6 Å². The maximum Gasteiger partial charge on any atom is 0.257 e. The maximum absolute atomic E-state index is 12.1. The van der Waals surface area contributed by atoms with Crippen LogP contribution in [0.3, 0.4) is 0 Å². The predicted molar refractivity (Wildman–Crippen MR) is 103 cm³/mol. The number of benzene rings is 2. The highest BCUT2D eigenvalue weighted by molar-refractivity contribution is 7.99. The van der Waals surface area contributed by atoms with Gasteiger partial charge in [-0.05, 0) is 50.5 Å². The van der Waals surface area contributed by atoms with Crippen molar-refractivity contribution < 1.29 is 14.0 Å². The van der Waals surface area contributed by atoms with E-state index in [4.69, 9.17) is 4.42 Å². The van der Waals surface area contributed by atoms with E-state index in [1.165, 1.54) is 11.8 Å². The number of ketones is 1. The van der Waals surface area contributed by atoms with E-state index in [0.717, 1.165) is 5.52 Å². The number of hydrogen-bond acceptors (Lipinski definition) is 6. The lowest BCUT2D eigenvalue weighted by Crippen LogP contribution is -2.21. The van der Waals surface area contributed by atoms with Crippen LogP contribution < -0.4 is 5.32 Å². The largest absolute Gasteiger partial charge is 0.431 e. The zero-order valence-corrected chi connectivity index (χ0v) is 15.4. The summed E-state index contributed by atoms with van der Waals surface area (Å²) in [6.07, 6.45) is 0. The van der Waals surface area contributed by atoms with E-state index in [2.05, 4.69) is 10.3 Å². The summed E-state index contributed by atoms with van der Waals surface area (Å²) in [5, 5.41) is 3.27. The first-order valence-corrected chi connectivity index (χ1v) is 9.06. The van der Waals surface area contributed by atoms with Crippen LogP contribution in [-0.2, 0) is 4.79 Å². The lowest BCUT2D eigenvalue weighted by molar-refractivity contribution is -0.113. The van der Waals surface area contributed by atoms with Crippen molar-refractivity contribution in [3.8, 4) is 0 Å². The minimum Gasteiger partial charge on any atom is -0.431 e. The highest BCUT2D eigenvalue weighted by atomic mass is 32.2. The van der Waals surface area contributed by atoms with Crippen LogP contribution in [0.5, 0.6) is 0 Å². The van der Waals surface area contributed by atoms with Gasteiger partial charge in [-0.25, -0.2) is 4.98 Å². The fourth-order valence-electron chi connectivity index (χ4n) is 2.36. The number of rotatable bonds is 7. The molecule has 0 aliphatic heterocycles. The molecule has 0 aliphatic rings. The van der Waals surface area contributed by atoms with Crippen molar-refractivity contribution >= 4 is 40.2 Å². The van der Waals surface area contributed by atoms with Crippen molar-refractivity contribution in [2.75, 3.05) is 31.7 Å². The highest BCUT2D eigenvalue weighted by Gasteiger charge is 2.10. The Morgan fingerprint density at radius 2 is 1.85 bits per heavy atom. The van der Waals surface area contributed by atoms with Gasteiger partial charge in [0.2, 0.25) is 5.91 Å². The van der Waals surface area contributed by atoms with Crippen LogP contribution in [0, 0.1) is 0 Å². The molecule has 0 spiro atoms. The molecule has 134 valence electrons. The molecule has 0 aliphatic carbocycles. The number of carbonyl (C=O) groups excluding carboxylic acids is 2. The van der Waals surface area contributed by atoms with Gasteiger partial charge in [-0.15, -0.1) is 0 Å². The maximum atomic E-state index is 12.1. The quantitative estimate of drug-likeness (QED) is 0.509. The van der Waals surface area contributed by atoms with Gasteiger partial charge in [0.1, 0.15) is 5.52 Å². The van der Waals surface area contributed by atoms with Gasteiger partial charge in [0.25, 0.3) is 5.22 Å². The van der Waals surface area contributed by atoms with Gasteiger partial charge < -0.3 is 14.6 Å². The van der Waals surface area contributed by atoms with Crippen LogP contribution >= 0.6 is 11.8 Å². The molecule has 0 saturated carbocycles. The molecule has 1 heterocycles. The number of thioether (sulfide) groups is 1. The minimum atomic E-state index is -0.162. The molecule has 3 aromatic rings. The molecule has 0 unspecified atom stereocenters. The molecule has 0 fully saturated rings. The Morgan fingerprint density at radius 1 is 1.12 bits per heavy atom. The average molecular weight is 369 g/mol. The lowest BCUT2D eigenvalue weighted by Gasteiger charge is -2.09. The lowest BCUT2D eigenvalue weighted by atomic mass is 10.1. The standard InChI is InChI=1S/C19H19N3O3S/c1-22(2)11-16(23)13-7-9-14(10-8-13)20-18(24)12-26-19-21-15-5-3-4-6-17(15)25-19/h3-10H,11-12H2,1-2H3,(H,20,24). The summed E-state index contributed by atoms with van der Waals surface area (Å²) < 4.78 is 5.57. The summed E-state index contributed by atoms with van der Waals surface area (Å²) in [5.74, 6) is 0.0673. The van der Waals surface area contributed by atoms with Gasteiger partial charge in [-0.3, -0.25) is 9.59 Å². The first-order valence-electron chi connectivity index (χ1n) is 8.07. The number of anilines is 1. The molecule has 2 aromatic carbocycles. The first-order chi connectivity index (χ1) is 12.5. The van der Waals surface area contributed by atoms with E-state index >= 15 is 0 Å². The van der Waals surface area contributed by atoms with E-state index in [1.807, 2.05) is 43.3 Å². The highest BCUT2D eigenvalue weighted by Crippen LogP contribution is 2.23. The third kappa shape index (κ3) is 4.71. The Morgan fingerprint density at radius 3 is 2.54 bits per heavy atom. The molecule has 1 amide bonds. The molecule has 3 rings (SSSR count). The molecular weight excluding hydrogens is 350 g/mol. The zero-order valence-electron chi connectivity index (χ0n) is 14.6. The van der Waals surface area contributed by atoms with Gasteiger partial charge in [-0.1, -0.05) is 23.9 Å². The number of fused-ring (bicyclic) bond motifs is 1. The monoisotopic (exact) mass is 369 g/mol. The van der Waals surface area contributed by atoms with E-state index in [9.17, 15) is 9.59 Å². The molecule has 0 bridgehead atoms. The Labute approximate surface area is 155 Å². The summed E-state index contributed by atoms with van der Waals surface area (Å²) in [5.41, 5.74) is 2.74. The number of aromatic nitrogens is 1. The van der Waals surface area contributed by atoms with E-state index < -0.39 is 0 Å². The van der Waals surface area contributed by atoms with Crippen molar-refractivity contribution in [2.45, 2.75) is 5.22 Å². The van der Waals surface area contributed by atoms with Crippen molar-refractivity contribution in [1.82, 2.24) is 9.88 Å². The van der Waals surface area contributed by atoms with Crippen LogP contribution in [0.1, 0.15) is 10.4 Å². The number of nitrogens with one attached hydrogen (secondary N) is 1. The van der Waals surface area contributed by atoms with Crippen molar-refractivity contribution in [1.29, 1.82) is 0 Å². The summed E-state index contributed by atoms with van der Waals surface area (Å²) >= 11 is 1.24. The second-order valence-electron chi connectivity index (χ2n) is 6.02. The molecule has 26 heavy (non-hydrogen) atoms. The van der Waals surface area contributed by atoms with Crippen LogP contribution in [0.4, 0.5) is 5.69 Å². The van der Waals surface area contributed by atoms with Gasteiger partial charge in [0.05, 0.1) is 12.3 Å². The summed E-state index contributed by atoms with van der Waals surface area (Å²) in [6, 6.07) is 14.4. The predicted octanol–water partition coefficient (Wildman–Crippen LogP) is 3.30. The number of amides is 1. The number of nitrogens with zero attached hydrogens (tertiary/aromatic N) is 2. The Hall–Kier alpha value is -2.64. The van der Waals surface area contributed by atoms with E-state index in [-0.39, 0.29) is 17.4 Å². The summed E-state index contributed by atoms with van der Waals surface area (Å²) in [7, 11) is 3.70. The number of hydrogen-bond donors (Lipinski definition) is 1. The van der Waals surface area contributed by atoms with Crippen molar-refractivity contribution in [3.05, 3.63) is 54.1 Å². The van der Waals surface area contributed by atoms with Crippen LogP contribution in [0.2, 0.25) is 0 Å². The number of Topliss-reactive ketones (excluding diaryl/α,β-unsaturated/α-hetero) is 1. The van der Waals surface area contributed by atoms with Crippen LogP contribution in [-0.4, -0.2) is 48.0 Å². The molecule has 0 atom stereocenters. The van der Waals surface area contributed by atoms with Crippen LogP contribution in [0.25, 0.3) is 11.1 Å². The molecular formula is C19H19N3O3S. The molecule has 1 N–H and O–H groups in total. The summed E-state index contributed by atoms with van der Waals surface area (Å²) in [4.78, 5) is 30.2. The van der Waals surface area contributed by atoms with Gasteiger partial charge in [-0.2, -0.15) is 0 Å². The summed E-state index contributed by atoms with van der Waals surface area (Å²) in [6.45, 7) is 0.354. The fourth-order valence-corrected chi connectivity index (χ4v) is 2.99. The second-order valence-corrected chi connectivity index (χ2v) is 6.95. The van der Waals surface area contributed by atoms with Crippen molar-refractivity contribution in [3.63, 3.8) is 0 Å². The van der Waals surface area contributed by atoms with E-state index in [1.54, 1.807) is 24.3 Å². The molecule has 7 heteroatoms. The van der Waals surface area contributed by atoms with Gasteiger partial charge >= 0.3 is 0 Å². The zero-order chi connectivity index (χ0) is 18.5. The minimum absolute atomic E-state index is 0.0411. The SMILES string of the molecule is CN(C)CC(=O)c1ccc(NC(=O)CSc2nc3ccccc3o2)cc1. The smallest absolute Gasteiger partial charge is 0.257 e. The average Bonchev–Trinajstić information content (AvgIpc) is 3.03. The Bertz CT molecular complexity index is 886. The van der Waals surface area contributed by atoms with Crippen LogP contribution in [0.15, 0.2) is 58.2 Å². The number of oxazole rings is 1. The number of likely N-dealkylation sites (N-methyl/N-ethyl adjacent to an activating group) is 1. The fraction of sp³-hybridized carbons (Fsp3) is 0.211. The van der Waals surface area contributed by atoms with Gasteiger partial charge in [0.15, 0.2) is 11.4 Å². The molecule has 0 saturated heterocycles. The first kappa shape index (κ1) is 18.2. The third-order valence-electron chi connectivity index (χ3n) is 3.55. The second kappa shape index (κ2) is 8.16. The van der Waals surface area contributed by atoms with Gasteiger partial charge in [0, 0.05) is 11.3 Å². The Kier molecular flexibility index (Phi) is 5.70. The third-order valence-corrected chi connectivity index (χ3v) is 4.38. The number of carbonyl (C=O) groups is 2. The normalized spacial score (nSPS) is 11.0.